The summed E-state index contributed by atoms with van der Waals surface area (Å²) in [6.07, 6.45) is 3.67. The molecule has 136 valence electrons. The van der Waals surface area contributed by atoms with Gasteiger partial charge in [0, 0.05) is 32.7 Å². The summed E-state index contributed by atoms with van der Waals surface area (Å²) < 4.78 is 10.3. The molecule has 0 aliphatic heterocycles. The first-order valence-electron chi connectivity index (χ1n) is 8.86. The molecule has 0 atom stereocenters. The van der Waals surface area contributed by atoms with E-state index in [2.05, 4.69) is 21.2 Å². The zero-order valence-corrected chi connectivity index (χ0v) is 15.2. The summed E-state index contributed by atoms with van der Waals surface area (Å²) in [7, 11) is 3.53. The Bertz CT molecular complexity index is 867. The van der Waals surface area contributed by atoms with Crippen LogP contribution in [0.2, 0.25) is 0 Å². The highest BCUT2D eigenvalue weighted by molar-refractivity contribution is 6.09. The third-order valence-corrected chi connectivity index (χ3v) is 5.32. The summed E-state index contributed by atoms with van der Waals surface area (Å²) in [5, 5.41) is 3.96. The topological polar surface area (TPSA) is 80.8 Å². The summed E-state index contributed by atoms with van der Waals surface area (Å²) in [4.78, 5) is 22.9. The molecular formula is C19H22N4O3. The molecule has 2 aliphatic carbocycles. The van der Waals surface area contributed by atoms with Crippen LogP contribution in [-0.4, -0.2) is 53.1 Å². The number of hydrogen-bond acceptors (Lipinski definition) is 5. The average molecular weight is 354 g/mol. The molecule has 0 saturated heterocycles. The van der Waals surface area contributed by atoms with E-state index in [9.17, 15) is 4.79 Å². The van der Waals surface area contributed by atoms with Crippen molar-refractivity contribution in [1.29, 1.82) is 0 Å². The van der Waals surface area contributed by atoms with Crippen molar-refractivity contribution in [3.8, 4) is 11.4 Å². The normalized spacial score (nSPS) is 23.0. The summed E-state index contributed by atoms with van der Waals surface area (Å²) in [5.74, 6) is 1.13. The van der Waals surface area contributed by atoms with Gasteiger partial charge in [0.1, 0.15) is 0 Å². The van der Waals surface area contributed by atoms with Crippen molar-refractivity contribution in [1.82, 2.24) is 15.0 Å². The second kappa shape index (κ2) is 6.64. The van der Waals surface area contributed by atoms with E-state index < -0.39 is 0 Å². The Morgan fingerprint density at radius 3 is 2.85 bits per heavy atom. The molecule has 2 aromatic rings. The highest BCUT2D eigenvalue weighted by Crippen LogP contribution is 2.29. The highest BCUT2D eigenvalue weighted by atomic mass is 16.5. The third-order valence-electron chi connectivity index (χ3n) is 5.32. The Labute approximate surface area is 152 Å². The monoisotopic (exact) mass is 354 g/mol. The predicted molar refractivity (Wildman–Crippen MR) is 96.3 cm³/mol. The first-order chi connectivity index (χ1) is 12.5. The molecule has 4 rings (SSSR count). The fourth-order valence-electron chi connectivity index (χ4n) is 3.54. The van der Waals surface area contributed by atoms with Crippen molar-refractivity contribution in [2.75, 3.05) is 14.2 Å². The summed E-state index contributed by atoms with van der Waals surface area (Å²) >= 11 is 0. The molecule has 7 nitrogen and oxygen atoms in total. The predicted octanol–water partition coefficient (Wildman–Crippen LogP) is 3.01. The molecular weight excluding hydrogens is 332 g/mol. The number of amides is 2. The van der Waals surface area contributed by atoms with Gasteiger partial charge in [-0.05, 0) is 42.9 Å². The van der Waals surface area contributed by atoms with E-state index >= 15 is 0 Å². The minimum atomic E-state index is -0.176. The Kier molecular flexibility index (Phi) is 4.32. The summed E-state index contributed by atoms with van der Waals surface area (Å²) in [6, 6.07) is 6.06. The zero-order valence-electron chi connectivity index (χ0n) is 15.2. The number of hydrogen-bond donors (Lipinski definition) is 0. The molecule has 26 heavy (non-hydrogen) atoms. The second-order valence-corrected chi connectivity index (χ2v) is 6.94. The van der Waals surface area contributed by atoms with E-state index in [-0.39, 0.29) is 18.2 Å². The van der Waals surface area contributed by atoms with Gasteiger partial charge in [0.25, 0.3) is 0 Å². The van der Waals surface area contributed by atoms with Crippen molar-refractivity contribution < 1.29 is 14.1 Å². The van der Waals surface area contributed by atoms with Gasteiger partial charge < -0.3 is 14.2 Å². The highest BCUT2D eigenvalue weighted by Gasteiger charge is 2.34. The Morgan fingerprint density at radius 1 is 1.35 bits per heavy atom. The van der Waals surface area contributed by atoms with Crippen LogP contribution in [0.3, 0.4) is 0 Å². The van der Waals surface area contributed by atoms with Crippen molar-refractivity contribution in [3.05, 3.63) is 35.2 Å². The molecule has 0 radical (unpaired) electrons. The summed E-state index contributed by atoms with van der Waals surface area (Å²) in [6.45, 7) is 1.77. The Morgan fingerprint density at radius 2 is 2.15 bits per heavy atom. The van der Waals surface area contributed by atoms with Gasteiger partial charge in [-0.25, -0.2) is 4.79 Å². The van der Waals surface area contributed by atoms with Crippen LogP contribution in [0.1, 0.15) is 36.3 Å². The Balaban J connectivity index is 1.50. The molecule has 1 aromatic carbocycles. The molecule has 2 aliphatic rings. The maximum atomic E-state index is 12.5. The molecule has 1 fully saturated rings. The van der Waals surface area contributed by atoms with Gasteiger partial charge in [-0.1, -0.05) is 17.3 Å². The molecule has 7 heteroatoms. The first-order valence-corrected chi connectivity index (χ1v) is 8.86. The molecule has 1 aromatic heterocycles. The van der Waals surface area contributed by atoms with E-state index in [4.69, 9.17) is 9.26 Å². The van der Waals surface area contributed by atoms with Crippen molar-refractivity contribution in [2.24, 2.45) is 4.99 Å². The lowest BCUT2D eigenvalue weighted by Crippen LogP contribution is -2.47. The number of aliphatic imine (C=N–C) groups is 1. The quantitative estimate of drug-likeness (QED) is 0.846. The van der Waals surface area contributed by atoms with Gasteiger partial charge in [-0.2, -0.15) is 9.98 Å². The van der Waals surface area contributed by atoms with Crippen LogP contribution in [0.25, 0.3) is 11.4 Å². The SMILES string of the molecule is COC1CC(N(C)C(=O)/N=C2\CCc3cc(-c4noc(C)n4)ccc32)C1. The number of carbonyl (C=O) groups is 1. The maximum absolute atomic E-state index is 12.5. The van der Waals surface area contributed by atoms with Gasteiger partial charge in [-0.15, -0.1) is 0 Å². The minimum absolute atomic E-state index is 0.176. The number of aromatic nitrogens is 2. The van der Waals surface area contributed by atoms with Crippen LogP contribution in [-0.2, 0) is 11.2 Å². The number of carbonyl (C=O) groups excluding carboxylic acids is 1. The lowest BCUT2D eigenvalue weighted by Gasteiger charge is -2.39. The number of rotatable bonds is 3. The number of fused-ring (bicyclic) bond motifs is 1. The fourth-order valence-corrected chi connectivity index (χ4v) is 3.54. The zero-order chi connectivity index (χ0) is 18.3. The molecule has 1 saturated carbocycles. The van der Waals surface area contributed by atoms with E-state index in [1.807, 2.05) is 19.2 Å². The van der Waals surface area contributed by atoms with Crippen molar-refractivity contribution >= 4 is 11.7 Å². The molecule has 0 spiro atoms. The number of urea groups is 1. The van der Waals surface area contributed by atoms with Crippen molar-refractivity contribution in [2.45, 2.75) is 44.8 Å². The van der Waals surface area contributed by atoms with Crippen molar-refractivity contribution in [3.63, 3.8) is 0 Å². The van der Waals surface area contributed by atoms with E-state index in [1.54, 1.807) is 18.9 Å². The molecule has 2 amide bonds. The largest absolute Gasteiger partial charge is 0.381 e. The van der Waals surface area contributed by atoms with Gasteiger partial charge >= 0.3 is 6.03 Å². The minimum Gasteiger partial charge on any atom is -0.381 e. The number of aryl methyl sites for hydroxylation is 2. The van der Waals surface area contributed by atoms with Gasteiger partial charge in [0.2, 0.25) is 11.7 Å². The third kappa shape index (κ3) is 3.03. The van der Waals surface area contributed by atoms with E-state index in [0.29, 0.717) is 11.7 Å². The van der Waals surface area contributed by atoms with Crippen LogP contribution in [0.15, 0.2) is 27.7 Å². The van der Waals surface area contributed by atoms with Gasteiger partial charge in [-0.3, -0.25) is 0 Å². The Hall–Kier alpha value is -2.54. The molecule has 1 heterocycles. The summed E-state index contributed by atoms with van der Waals surface area (Å²) in [5.41, 5.74) is 3.99. The average Bonchev–Trinajstić information content (AvgIpc) is 3.20. The molecule has 0 bridgehead atoms. The number of nitrogens with zero attached hydrogens (tertiary/aromatic N) is 4. The second-order valence-electron chi connectivity index (χ2n) is 6.94. The number of ether oxygens (including phenoxy) is 1. The molecule has 0 unspecified atom stereocenters. The van der Waals surface area contributed by atoms with Crippen LogP contribution in [0.5, 0.6) is 0 Å². The van der Waals surface area contributed by atoms with Crippen LogP contribution in [0.4, 0.5) is 4.79 Å². The molecule has 0 N–H and O–H groups in total. The maximum Gasteiger partial charge on any atom is 0.343 e. The lowest BCUT2D eigenvalue weighted by atomic mass is 9.88. The van der Waals surface area contributed by atoms with Crippen LogP contribution >= 0.6 is 0 Å². The van der Waals surface area contributed by atoms with Gasteiger partial charge in [0.05, 0.1) is 11.8 Å². The van der Waals surface area contributed by atoms with E-state index in [1.165, 1.54) is 5.56 Å². The van der Waals surface area contributed by atoms with Gasteiger partial charge in [0.15, 0.2) is 0 Å². The van der Waals surface area contributed by atoms with Crippen LogP contribution < -0.4 is 0 Å². The standard InChI is InChI=1S/C19H22N4O3/c1-11-20-18(22-26-11)13-4-6-16-12(8-13)5-7-17(16)21-19(24)23(2)14-9-15(10-14)25-3/h4,6,8,14-15H,5,7,9-10H2,1-3H3/b21-17+. The lowest BCUT2D eigenvalue weighted by molar-refractivity contribution is -0.00746. The first kappa shape index (κ1) is 16.9. The fraction of sp³-hybridized carbons (Fsp3) is 0.474. The smallest absolute Gasteiger partial charge is 0.343 e. The number of benzene rings is 1. The van der Waals surface area contributed by atoms with E-state index in [0.717, 1.165) is 42.5 Å². The number of methoxy groups -OCH3 is 1. The van der Waals surface area contributed by atoms with Crippen LogP contribution in [0, 0.1) is 6.92 Å².